The summed E-state index contributed by atoms with van der Waals surface area (Å²) in [5.41, 5.74) is 5.10. The van der Waals surface area contributed by atoms with Crippen LogP contribution in [-0.2, 0) is 16.4 Å². The van der Waals surface area contributed by atoms with Crippen molar-refractivity contribution in [2.24, 2.45) is 0 Å². The summed E-state index contributed by atoms with van der Waals surface area (Å²) >= 11 is 0. The normalized spacial score (nSPS) is 21.9. The molecule has 7 nitrogen and oxygen atoms in total. The minimum absolute atomic E-state index is 0.0387. The van der Waals surface area contributed by atoms with Gasteiger partial charge in [-0.05, 0) is 38.0 Å². The van der Waals surface area contributed by atoms with E-state index in [0.717, 1.165) is 28.2 Å². The molecule has 8 heteroatoms. The number of para-hydroxylation sites is 1. The number of fused-ring (bicyclic) bond motifs is 1. The maximum atomic E-state index is 13.6. The fourth-order valence-corrected chi connectivity index (χ4v) is 6.55. The summed E-state index contributed by atoms with van der Waals surface area (Å²) in [5.74, 6) is 0.268. The Morgan fingerprint density at radius 1 is 1.06 bits per heavy atom. The molecule has 0 radical (unpaired) electrons. The van der Waals surface area contributed by atoms with Crippen molar-refractivity contribution in [2.75, 3.05) is 16.8 Å². The summed E-state index contributed by atoms with van der Waals surface area (Å²) in [5, 5.41) is 8.28. The molecule has 1 amide bonds. The first kappa shape index (κ1) is 20.8. The van der Waals surface area contributed by atoms with Crippen molar-refractivity contribution in [3.05, 3.63) is 82.7 Å². The van der Waals surface area contributed by atoms with Gasteiger partial charge >= 0.3 is 0 Å². The van der Waals surface area contributed by atoms with Crippen LogP contribution in [0.4, 0.5) is 5.69 Å². The molecule has 2 atom stereocenters. The molecule has 5 rings (SSSR count). The van der Waals surface area contributed by atoms with Crippen LogP contribution in [0.1, 0.15) is 51.5 Å². The van der Waals surface area contributed by atoms with Crippen LogP contribution in [0.5, 0.6) is 0 Å². The number of hydrogen-bond donors (Lipinski definition) is 1. The molecule has 0 aliphatic carbocycles. The van der Waals surface area contributed by atoms with Gasteiger partial charge in [-0.3, -0.25) is 9.48 Å². The lowest BCUT2D eigenvalue weighted by Gasteiger charge is -2.38. The summed E-state index contributed by atoms with van der Waals surface area (Å²) in [6, 6.07) is 17.3. The second-order valence-electron chi connectivity index (χ2n) is 8.60. The van der Waals surface area contributed by atoms with E-state index >= 15 is 0 Å². The van der Waals surface area contributed by atoms with E-state index in [4.69, 9.17) is 5.10 Å². The third kappa shape index (κ3) is 3.58. The van der Waals surface area contributed by atoms with E-state index in [0.29, 0.717) is 18.5 Å². The average Bonchev–Trinajstić information content (AvgIpc) is 3.28. The van der Waals surface area contributed by atoms with Crippen LogP contribution in [0.25, 0.3) is 0 Å². The predicted octanol–water partition coefficient (Wildman–Crippen LogP) is 3.63. The lowest BCUT2D eigenvalue weighted by Crippen LogP contribution is -2.42. The monoisotopic (exact) mass is 450 g/mol. The zero-order chi connectivity index (χ0) is 22.5. The highest BCUT2D eigenvalue weighted by atomic mass is 32.2. The first-order valence-corrected chi connectivity index (χ1v) is 12.6. The SMILES string of the molecule is Cc1nn([C@@H]2CCS(=O)(=O)C2)c(C)c1[C@@H]1Nc2ccccc2C(=O)N1Cc1ccccc1. The van der Waals surface area contributed by atoms with Crippen molar-refractivity contribution < 1.29 is 13.2 Å². The van der Waals surface area contributed by atoms with E-state index in [1.165, 1.54) is 0 Å². The molecular formula is C24H26N4O3S. The van der Waals surface area contributed by atoms with Crippen molar-refractivity contribution >= 4 is 21.4 Å². The molecule has 0 bridgehead atoms. The fraction of sp³-hybridized carbons (Fsp3) is 0.333. The van der Waals surface area contributed by atoms with E-state index in [2.05, 4.69) is 5.32 Å². The third-order valence-electron chi connectivity index (χ3n) is 6.43. The number of aryl methyl sites for hydroxylation is 1. The van der Waals surface area contributed by atoms with Gasteiger partial charge in [0.15, 0.2) is 9.84 Å². The van der Waals surface area contributed by atoms with Crippen molar-refractivity contribution in [3.63, 3.8) is 0 Å². The number of nitrogens with zero attached hydrogens (tertiary/aromatic N) is 3. The number of amides is 1. The van der Waals surface area contributed by atoms with E-state index in [-0.39, 0.29) is 23.5 Å². The zero-order valence-electron chi connectivity index (χ0n) is 18.2. The van der Waals surface area contributed by atoms with Gasteiger partial charge in [-0.25, -0.2) is 8.42 Å². The zero-order valence-corrected chi connectivity index (χ0v) is 19.0. The van der Waals surface area contributed by atoms with Crippen LogP contribution in [0, 0.1) is 13.8 Å². The van der Waals surface area contributed by atoms with E-state index < -0.39 is 16.0 Å². The molecule has 0 spiro atoms. The van der Waals surface area contributed by atoms with E-state index in [1.807, 2.05) is 78.0 Å². The lowest BCUT2D eigenvalue weighted by atomic mass is 10.0. The Labute approximate surface area is 188 Å². The number of carbonyl (C=O) groups excluding carboxylic acids is 1. The van der Waals surface area contributed by atoms with Crippen molar-refractivity contribution in [2.45, 2.75) is 39.0 Å². The topological polar surface area (TPSA) is 84.3 Å². The second kappa shape index (κ2) is 7.78. The smallest absolute Gasteiger partial charge is 0.258 e. The van der Waals surface area contributed by atoms with Gasteiger partial charge in [0, 0.05) is 23.5 Å². The lowest BCUT2D eigenvalue weighted by molar-refractivity contribution is 0.0665. The second-order valence-corrected chi connectivity index (χ2v) is 10.8. The van der Waals surface area contributed by atoms with E-state index in [9.17, 15) is 13.2 Å². The number of nitrogens with one attached hydrogen (secondary N) is 1. The van der Waals surface area contributed by atoms with E-state index in [1.54, 1.807) is 0 Å². The first-order valence-electron chi connectivity index (χ1n) is 10.8. The Balaban J connectivity index is 1.58. The fourth-order valence-electron chi connectivity index (χ4n) is 4.86. The minimum Gasteiger partial charge on any atom is -0.361 e. The number of anilines is 1. The number of carbonyl (C=O) groups is 1. The molecule has 2 aromatic carbocycles. The molecule has 0 unspecified atom stereocenters. The highest BCUT2D eigenvalue weighted by Crippen LogP contribution is 2.38. The van der Waals surface area contributed by atoms with Gasteiger partial charge in [-0.15, -0.1) is 0 Å². The highest BCUT2D eigenvalue weighted by molar-refractivity contribution is 7.91. The molecule has 3 heterocycles. The summed E-state index contributed by atoms with van der Waals surface area (Å²) in [7, 11) is -3.03. The van der Waals surface area contributed by atoms with Gasteiger partial charge < -0.3 is 10.2 Å². The highest BCUT2D eigenvalue weighted by Gasteiger charge is 2.38. The molecule has 1 saturated heterocycles. The van der Waals surface area contributed by atoms with Crippen LogP contribution in [0.2, 0.25) is 0 Å². The molecule has 1 aromatic heterocycles. The third-order valence-corrected chi connectivity index (χ3v) is 8.18. The van der Waals surface area contributed by atoms with Crippen LogP contribution in [-0.4, -0.2) is 40.5 Å². The van der Waals surface area contributed by atoms with Gasteiger partial charge in [-0.1, -0.05) is 42.5 Å². The molecule has 166 valence electrons. The Bertz CT molecular complexity index is 1280. The maximum Gasteiger partial charge on any atom is 0.258 e. The summed E-state index contributed by atoms with van der Waals surface area (Å²) in [6.07, 6.45) is 0.168. The van der Waals surface area contributed by atoms with Crippen LogP contribution < -0.4 is 5.32 Å². The molecule has 3 aromatic rings. The molecule has 2 aliphatic heterocycles. The average molecular weight is 451 g/mol. The summed E-state index contributed by atoms with van der Waals surface area (Å²) < 4.78 is 25.9. The number of benzene rings is 2. The Morgan fingerprint density at radius 3 is 2.50 bits per heavy atom. The Morgan fingerprint density at radius 2 is 1.78 bits per heavy atom. The van der Waals surface area contributed by atoms with Crippen LogP contribution >= 0.6 is 0 Å². The number of hydrogen-bond acceptors (Lipinski definition) is 5. The van der Waals surface area contributed by atoms with Gasteiger partial charge in [-0.2, -0.15) is 5.10 Å². The molecule has 2 aliphatic rings. The van der Waals surface area contributed by atoms with Gasteiger partial charge in [0.25, 0.3) is 5.91 Å². The molecule has 0 saturated carbocycles. The maximum absolute atomic E-state index is 13.6. The van der Waals surface area contributed by atoms with Crippen LogP contribution in [0.15, 0.2) is 54.6 Å². The summed E-state index contributed by atoms with van der Waals surface area (Å²) in [4.78, 5) is 15.4. The molecule has 1 N–H and O–H groups in total. The standard InChI is InChI=1S/C24H26N4O3S/c1-16-22(17(2)28(26-16)19-12-13-32(30,31)15-19)23-25-21-11-7-6-10-20(21)24(29)27(23)14-18-8-4-3-5-9-18/h3-11,19,23,25H,12-15H2,1-2H3/t19-,23-/m1/s1. The summed E-state index contributed by atoms with van der Waals surface area (Å²) in [6.45, 7) is 4.34. The number of rotatable bonds is 4. The Hall–Kier alpha value is -3.13. The number of sulfone groups is 1. The predicted molar refractivity (Wildman–Crippen MR) is 123 cm³/mol. The van der Waals surface area contributed by atoms with Gasteiger partial charge in [0.05, 0.1) is 28.8 Å². The van der Waals surface area contributed by atoms with Crippen molar-refractivity contribution in [1.29, 1.82) is 0 Å². The van der Waals surface area contributed by atoms with Gasteiger partial charge in [0.1, 0.15) is 6.17 Å². The minimum atomic E-state index is -3.03. The number of aromatic nitrogens is 2. The van der Waals surface area contributed by atoms with Crippen molar-refractivity contribution in [3.8, 4) is 0 Å². The molecular weight excluding hydrogens is 424 g/mol. The molecule has 1 fully saturated rings. The van der Waals surface area contributed by atoms with Crippen LogP contribution in [0.3, 0.4) is 0 Å². The van der Waals surface area contributed by atoms with Gasteiger partial charge in [0.2, 0.25) is 0 Å². The largest absolute Gasteiger partial charge is 0.361 e. The Kier molecular flexibility index (Phi) is 5.04. The quantitative estimate of drug-likeness (QED) is 0.656. The van der Waals surface area contributed by atoms with Crippen molar-refractivity contribution in [1.82, 2.24) is 14.7 Å². The first-order chi connectivity index (χ1) is 15.3. The molecule has 32 heavy (non-hydrogen) atoms.